The van der Waals surface area contributed by atoms with Gasteiger partial charge in [-0.3, -0.25) is 0 Å². The van der Waals surface area contributed by atoms with E-state index in [1.54, 1.807) is 0 Å². The van der Waals surface area contributed by atoms with Crippen molar-refractivity contribution in [2.45, 2.75) is 136 Å². The summed E-state index contributed by atoms with van der Waals surface area (Å²) in [4.78, 5) is 0. The predicted octanol–water partition coefficient (Wildman–Crippen LogP) is 6.70. The van der Waals surface area contributed by atoms with Gasteiger partial charge in [-0.15, -0.1) is 0 Å². The largest absolute Gasteiger partial charge is 0.413 e. The van der Waals surface area contributed by atoms with E-state index >= 15 is 0 Å². The molecule has 0 aromatic heterocycles. The fraction of sp³-hybridized carbons (Fsp3) is 0.935. The molecular formula is C31H56O4Si. The molecule has 5 heteroatoms. The van der Waals surface area contributed by atoms with Gasteiger partial charge in [0, 0.05) is 18.6 Å². The van der Waals surface area contributed by atoms with E-state index in [0.29, 0.717) is 28.5 Å². The van der Waals surface area contributed by atoms with Gasteiger partial charge in [0.25, 0.3) is 0 Å². The Morgan fingerprint density at radius 3 is 2.06 bits per heavy atom. The van der Waals surface area contributed by atoms with Gasteiger partial charge in [-0.05, 0) is 89.7 Å². The molecule has 0 aromatic carbocycles. The van der Waals surface area contributed by atoms with Crippen molar-refractivity contribution in [2.75, 3.05) is 6.61 Å². The summed E-state index contributed by atoms with van der Waals surface area (Å²) in [7, 11) is -1.99. The Labute approximate surface area is 222 Å². The molecule has 0 aromatic rings. The van der Waals surface area contributed by atoms with Crippen molar-refractivity contribution in [3.63, 3.8) is 0 Å². The maximum Gasteiger partial charge on any atom is 0.200 e. The van der Waals surface area contributed by atoms with Gasteiger partial charge in [0.2, 0.25) is 8.32 Å². The third-order valence-electron chi connectivity index (χ3n) is 12.2. The number of aliphatic hydroxyl groups is 3. The number of fused-ring (bicyclic) bond motifs is 5. The minimum atomic E-state index is -1.99. The number of hydrogen-bond acceptors (Lipinski definition) is 4. The lowest BCUT2D eigenvalue weighted by atomic mass is 9.43. The molecule has 4 aliphatic carbocycles. The molecule has 3 N–H and O–H groups in total. The quantitative estimate of drug-likeness (QED) is 0.258. The Hall–Kier alpha value is -0.203. The van der Waals surface area contributed by atoms with Crippen LogP contribution in [0.2, 0.25) is 16.6 Å². The van der Waals surface area contributed by atoms with Crippen molar-refractivity contribution in [2.24, 2.45) is 40.4 Å². The van der Waals surface area contributed by atoms with Crippen LogP contribution in [-0.4, -0.2) is 48.6 Å². The van der Waals surface area contributed by atoms with Crippen LogP contribution in [0.4, 0.5) is 0 Å². The van der Waals surface area contributed by atoms with E-state index in [0.717, 1.165) is 38.5 Å². The van der Waals surface area contributed by atoms with Crippen LogP contribution >= 0.6 is 0 Å². The highest BCUT2D eigenvalue weighted by atomic mass is 28.4. The van der Waals surface area contributed by atoms with Gasteiger partial charge in [0.05, 0.1) is 12.2 Å². The fourth-order valence-electron chi connectivity index (χ4n) is 10.5. The second-order valence-corrected chi connectivity index (χ2v) is 20.1. The normalized spacial score (nSPS) is 43.9. The summed E-state index contributed by atoms with van der Waals surface area (Å²) in [5.41, 5.74) is 3.13. The summed E-state index contributed by atoms with van der Waals surface area (Å²) in [5.74, 6) is 1.21. The fourth-order valence-corrected chi connectivity index (χ4v) is 16.1. The first-order valence-corrected chi connectivity index (χ1v) is 17.2. The molecule has 36 heavy (non-hydrogen) atoms. The van der Waals surface area contributed by atoms with Gasteiger partial charge in [-0.1, -0.05) is 74.0 Å². The smallest absolute Gasteiger partial charge is 0.200 e. The van der Waals surface area contributed by atoms with Gasteiger partial charge in [0.1, 0.15) is 0 Å². The van der Waals surface area contributed by atoms with E-state index in [4.69, 9.17) is 4.43 Å². The first-order valence-electron chi connectivity index (χ1n) is 15.1. The number of rotatable bonds is 7. The zero-order chi connectivity index (χ0) is 26.8. The van der Waals surface area contributed by atoms with Crippen LogP contribution in [-0.2, 0) is 4.43 Å². The van der Waals surface area contributed by atoms with Crippen molar-refractivity contribution in [1.29, 1.82) is 0 Å². The Kier molecular flexibility index (Phi) is 8.06. The zero-order valence-corrected chi connectivity index (χ0v) is 25.6. The van der Waals surface area contributed by atoms with E-state index in [1.807, 2.05) is 0 Å². The van der Waals surface area contributed by atoms with E-state index < -0.39 is 20.5 Å². The van der Waals surface area contributed by atoms with Crippen LogP contribution in [0, 0.1) is 40.4 Å². The maximum absolute atomic E-state index is 11.7. The summed E-state index contributed by atoms with van der Waals surface area (Å²) in [6.07, 6.45) is 7.45. The molecule has 4 aliphatic rings. The second-order valence-electron chi connectivity index (χ2n) is 14.7. The van der Waals surface area contributed by atoms with Crippen LogP contribution in [0.15, 0.2) is 11.6 Å². The van der Waals surface area contributed by atoms with Crippen LogP contribution in [0.5, 0.6) is 0 Å². The van der Waals surface area contributed by atoms with E-state index in [2.05, 4.69) is 68.4 Å². The molecule has 4 rings (SSSR count). The number of allylic oxidation sites excluding steroid dienone is 1. The highest BCUT2D eigenvalue weighted by Crippen LogP contribution is 2.67. The second kappa shape index (κ2) is 10.1. The molecule has 0 saturated heterocycles. The minimum absolute atomic E-state index is 0.0323. The summed E-state index contributed by atoms with van der Waals surface area (Å²) in [5, 5.41) is 33.3. The van der Waals surface area contributed by atoms with Crippen LogP contribution < -0.4 is 0 Å². The Balaban J connectivity index is 1.59. The Bertz CT molecular complexity index is 802. The standard InChI is InChI=1S/C31H56O4Si/c1-18(2)36(19(3)4,20(5)6)35-22-12-14-31(9)25-13-15-30(8)23(21(7)17-32)10-11-24(30)27(25)29(34)28(33)26(31)16-22/h10,18-22,24-29,32-34H,11-17H2,1-9H3/t21-,22+,24+,25+,26-,27+,28-,29-,30-,31-/m1/s1. The molecule has 0 amide bonds. The average molecular weight is 521 g/mol. The molecule has 0 unspecified atom stereocenters. The molecule has 0 bridgehead atoms. The van der Waals surface area contributed by atoms with E-state index in [9.17, 15) is 15.3 Å². The lowest BCUT2D eigenvalue weighted by Crippen LogP contribution is -2.64. The molecule has 10 atom stereocenters. The van der Waals surface area contributed by atoms with Crippen LogP contribution in [0.3, 0.4) is 0 Å². The Morgan fingerprint density at radius 1 is 0.889 bits per heavy atom. The van der Waals surface area contributed by atoms with Gasteiger partial charge in [0.15, 0.2) is 0 Å². The minimum Gasteiger partial charge on any atom is -0.413 e. The van der Waals surface area contributed by atoms with Gasteiger partial charge < -0.3 is 19.7 Å². The third kappa shape index (κ3) is 4.13. The summed E-state index contributed by atoms with van der Waals surface area (Å²) >= 11 is 0. The summed E-state index contributed by atoms with van der Waals surface area (Å²) < 4.78 is 7.23. The average Bonchev–Trinajstić information content (AvgIpc) is 3.17. The highest BCUT2D eigenvalue weighted by molar-refractivity contribution is 6.77. The van der Waals surface area contributed by atoms with Crippen LogP contribution in [0.1, 0.15) is 101 Å². The molecule has 208 valence electrons. The monoisotopic (exact) mass is 520 g/mol. The highest BCUT2D eigenvalue weighted by Gasteiger charge is 2.64. The lowest BCUT2D eigenvalue weighted by Gasteiger charge is -2.64. The topological polar surface area (TPSA) is 69.9 Å². The van der Waals surface area contributed by atoms with Crippen LogP contribution in [0.25, 0.3) is 0 Å². The van der Waals surface area contributed by atoms with E-state index in [-0.39, 0.29) is 41.3 Å². The van der Waals surface area contributed by atoms with Crippen molar-refractivity contribution in [3.8, 4) is 0 Å². The number of hydrogen-bond donors (Lipinski definition) is 3. The molecule has 3 saturated carbocycles. The molecule has 0 heterocycles. The molecule has 0 aliphatic heterocycles. The molecular weight excluding hydrogens is 464 g/mol. The third-order valence-corrected chi connectivity index (χ3v) is 18.4. The zero-order valence-electron chi connectivity index (χ0n) is 24.6. The van der Waals surface area contributed by atoms with E-state index in [1.165, 1.54) is 5.57 Å². The molecule has 4 nitrogen and oxygen atoms in total. The van der Waals surface area contributed by atoms with Gasteiger partial charge >= 0.3 is 0 Å². The van der Waals surface area contributed by atoms with Crippen molar-refractivity contribution < 1.29 is 19.7 Å². The Morgan fingerprint density at radius 2 is 1.50 bits per heavy atom. The summed E-state index contributed by atoms with van der Waals surface area (Å²) in [6, 6.07) is 0. The first-order chi connectivity index (χ1) is 16.8. The first kappa shape index (κ1) is 28.8. The van der Waals surface area contributed by atoms with Gasteiger partial charge in [-0.2, -0.15) is 0 Å². The summed E-state index contributed by atoms with van der Waals surface area (Å²) in [6.45, 7) is 21.2. The molecule has 0 radical (unpaired) electrons. The maximum atomic E-state index is 11.7. The predicted molar refractivity (Wildman–Crippen MR) is 150 cm³/mol. The molecule has 3 fully saturated rings. The van der Waals surface area contributed by atoms with Gasteiger partial charge in [-0.25, -0.2) is 0 Å². The van der Waals surface area contributed by atoms with Crippen molar-refractivity contribution >= 4 is 8.32 Å². The lowest BCUT2D eigenvalue weighted by molar-refractivity contribution is -0.218. The van der Waals surface area contributed by atoms with Crippen molar-refractivity contribution in [3.05, 3.63) is 11.6 Å². The van der Waals surface area contributed by atoms with Crippen molar-refractivity contribution in [1.82, 2.24) is 0 Å². The molecule has 0 spiro atoms. The SMILES string of the molecule is CC(C)[Si](O[C@H]1CC[C@@]2(C)[C@H](C1)[C@@H](O)[C@H](O)[C@@H]1[C@@H]2CC[C@]2(C)C([C@H](C)CO)=CC[C@@H]12)(C(C)C)C(C)C. The number of aliphatic hydroxyl groups excluding tert-OH is 3.